The molecule has 1 aromatic rings. The molecule has 0 aromatic heterocycles. The van der Waals surface area contributed by atoms with Crippen molar-refractivity contribution in [2.45, 2.75) is 39.0 Å². The summed E-state index contributed by atoms with van der Waals surface area (Å²) in [6.45, 7) is 8.92. The molecule has 1 aliphatic rings. The third kappa shape index (κ3) is 3.73. The SMILES string of the molecule is CC(C)(C)c1ccc(N)cc1NC(=O)CN1CCCC1. The number of carbonyl (C=O) groups excluding carboxylic acids is 1. The highest BCUT2D eigenvalue weighted by Crippen LogP contribution is 2.31. The number of nitrogens with one attached hydrogen (secondary N) is 1. The molecule has 2 rings (SSSR count). The number of anilines is 2. The van der Waals surface area contributed by atoms with Gasteiger partial charge in [-0.25, -0.2) is 0 Å². The molecule has 0 radical (unpaired) electrons. The first-order chi connectivity index (χ1) is 9.36. The number of carbonyl (C=O) groups is 1. The number of rotatable bonds is 3. The van der Waals surface area contributed by atoms with Crippen molar-refractivity contribution in [1.29, 1.82) is 0 Å². The smallest absolute Gasteiger partial charge is 0.238 e. The molecule has 3 N–H and O–H groups in total. The normalized spacial score (nSPS) is 16.4. The average Bonchev–Trinajstić information content (AvgIpc) is 2.79. The lowest BCUT2D eigenvalue weighted by Crippen LogP contribution is -2.31. The summed E-state index contributed by atoms with van der Waals surface area (Å²) in [5, 5.41) is 3.02. The Morgan fingerprint density at radius 2 is 1.95 bits per heavy atom. The van der Waals surface area contributed by atoms with E-state index in [1.165, 1.54) is 12.8 Å². The molecule has 0 unspecified atom stereocenters. The van der Waals surface area contributed by atoms with Crippen LogP contribution >= 0.6 is 0 Å². The van der Waals surface area contributed by atoms with Crippen LogP contribution in [0.1, 0.15) is 39.2 Å². The van der Waals surface area contributed by atoms with Gasteiger partial charge < -0.3 is 11.1 Å². The van der Waals surface area contributed by atoms with E-state index in [0.29, 0.717) is 12.2 Å². The van der Waals surface area contributed by atoms with Crippen LogP contribution in [0.4, 0.5) is 11.4 Å². The topological polar surface area (TPSA) is 58.4 Å². The minimum absolute atomic E-state index is 0.0239. The molecule has 1 aliphatic heterocycles. The molecule has 0 saturated carbocycles. The molecule has 0 bridgehead atoms. The number of hydrogen-bond acceptors (Lipinski definition) is 3. The Hall–Kier alpha value is -1.55. The number of nitrogen functional groups attached to an aromatic ring is 1. The second-order valence-electron chi connectivity index (χ2n) is 6.59. The van der Waals surface area contributed by atoms with E-state index in [9.17, 15) is 4.79 Å². The Morgan fingerprint density at radius 3 is 2.55 bits per heavy atom. The second-order valence-corrected chi connectivity index (χ2v) is 6.59. The lowest BCUT2D eigenvalue weighted by Gasteiger charge is -2.24. The summed E-state index contributed by atoms with van der Waals surface area (Å²) in [6, 6.07) is 5.74. The molecule has 1 saturated heterocycles. The van der Waals surface area contributed by atoms with E-state index in [1.807, 2.05) is 18.2 Å². The van der Waals surface area contributed by atoms with Gasteiger partial charge in [0.25, 0.3) is 0 Å². The Bertz CT molecular complexity index is 485. The molecule has 0 atom stereocenters. The second kappa shape index (κ2) is 5.83. The molecule has 20 heavy (non-hydrogen) atoms. The summed E-state index contributed by atoms with van der Waals surface area (Å²) < 4.78 is 0. The molecular weight excluding hydrogens is 250 g/mol. The van der Waals surface area contributed by atoms with E-state index in [4.69, 9.17) is 5.73 Å². The van der Waals surface area contributed by atoms with Gasteiger partial charge in [0, 0.05) is 11.4 Å². The van der Waals surface area contributed by atoms with Crippen LogP contribution in [0.3, 0.4) is 0 Å². The lowest BCUT2D eigenvalue weighted by atomic mass is 9.85. The largest absolute Gasteiger partial charge is 0.399 e. The predicted molar refractivity (Wildman–Crippen MR) is 83.9 cm³/mol. The highest BCUT2D eigenvalue weighted by Gasteiger charge is 2.20. The summed E-state index contributed by atoms with van der Waals surface area (Å²) >= 11 is 0. The molecule has 1 amide bonds. The fourth-order valence-corrected chi connectivity index (χ4v) is 2.65. The molecule has 4 nitrogen and oxygen atoms in total. The van der Waals surface area contributed by atoms with Crippen LogP contribution in [0.2, 0.25) is 0 Å². The lowest BCUT2D eigenvalue weighted by molar-refractivity contribution is -0.117. The zero-order valence-corrected chi connectivity index (χ0v) is 12.7. The maximum atomic E-state index is 12.2. The minimum Gasteiger partial charge on any atom is -0.399 e. The van der Waals surface area contributed by atoms with Crippen molar-refractivity contribution in [1.82, 2.24) is 4.90 Å². The Balaban J connectivity index is 2.11. The van der Waals surface area contributed by atoms with E-state index in [2.05, 4.69) is 31.0 Å². The number of nitrogens with zero attached hydrogens (tertiary/aromatic N) is 1. The highest BCUT2D eigenvalue weighted by atomic mass is 16.2. The van der Waals surface area contributed by atoms with Gasteiger partial charge in [0.1, 0.15) is 0 Å². The maximum absolute atomic E-state index is 12.2. The number of hydrogen-bond donors (Lipinski definition) is 2. The predicted octanol–water partition coefficient (Wildman–Crippen LogP) is 2.60. The molecule has 0 spiro atoms. The fourth-order valence-electron chi connectivity index (χ4n) is 2.65. The summed E-state index contributed by atoms with van der Waals surface area (Å²) in [5.41, 5.74) is 8.45. The molecular formula is C16H25N3O. The molecule has 110 valence electrons. The van der Waals surface area contributed by atoms with Crippen LogP contribution in [0.25, 0.3) is 0 Å². The Morgan fingerprint density at radius 1 is 1.30 bits per heavy atom. The van der Waals surface area contributed by atoms with Crippen LogP contribution in [0, 0.1) is 0 Å². The van der Waals surface area contributed by atoms with Gasteiger partial charge in [-0.05, 0) is 49.0 Å². The first kappa shape index (κ1) is 14.9. The van der Waals surface area contributed by atoms with E-state index >= 15 is 0 Å². The molecule has 1 fully saturated rings. The van der Waals surface area contributed by atoms with Crippen LogP contribution < -0.4 is 11.1 Å². The fraction of sp³-hybridized carbons (Fsp3) is 0.562. The molecule has 4 heteroatoms. The van der Waals surface area contributed by atoms with Crippen molar-refractivity contribution in [3.63, 3.8) is 0 Å². The molecule has 1 aromatic carbocycles. The monoisotopic (exact) mass is 275 g/mol. The first-order valence-electron chi connectivity index (χ1n) is 7.28. The summed E-state index contributed by atoms with van der Waals surface area (Å²) in [5.74, 6) is 0.0444. The number of benzene rings is 1. The third-order valence-electron chi connectivity index (χ3n) is 3.69. The van der Waals surface area contributed by atoms with Gasteiger partial charge in [-0.1, -0.05) is 26.8 Å². The van der Waals surface area contributed by atoms with Crippen molar-refractivity contribution in [3.05, 3.63) is 23.8 Å². The van der Waals surface area contributed by atoms with Gasteiger partial charge in [0.2, 0.25) is 5.91 Å². The molecule has 1 heterocycles. The van der Waals surface area contributed by atoms with E-state index < -0.39 is 0 Å². The minimum atomic E-state index is -0.0239. The van der Waals surface area contributed by atoms with Crippen LogP contribution in [-0.2, 0) is 10.2 Å². The number of nitrogens with two attached hydrogens (primary N) is 1. The van der Waals surface area contributed by atoms with Crippen LogP contribution in [0.5, 0.6) is 0 Å². The number of amides is 1. The first-order valence-corrected chi connectivity index (χ1v) is 7.28. The number of likely N-dealkylation sites (tertiary alicyclic amines) is 1. The quantitative estimate of drug-likeness (QED) is 0.834. The Labute approximate surface area is 121 Å². The Kier molecular flexibility index (Phi) is 4.33. The standard InChI is InChI=1S/C16H25N3O/c1-16(2,3)13-7-6-12(17)10-14(13)18-15(20)11-19-8-4-5-9-19/h6-7,10H,4-5,8-9,11,17H2,1-3H3,(H,18,20). The summed E-state index contributed by atoms with van der Waals surface area (Å²) in [4.78, 5) is 14.4. The van der Waals surface area contributed by atoms with Gasteiger partial charge in [-0.2, -0.15) is 0 Å². The van der Waals surface area contributed by atoms with Gasteiger partial charge in [0.05, 0.1) is 6.54 Å². The van der Waals surface area contributed by atoms with E-state index in [1.54, 1.807) is 0 Å². The van der Waals surface area contributed by atoms with Gasteiger partial charge in [0.15, 0.2) is 0 Å². The van der Waals surface area contributed by atoms with E-state index in [-0.39, 0.29) is 11.3 Å². The van der Waals surface area contributed by atoms with Crippen molar-refractivity contribution in [2.24, 2.45) is 0 Å². The van der Waals surface area contributed by atoms with Crippen molar-refractivity contribution < 1.29 is 4.79 Å². The van der Waals surface area contributed by atoms with Crippen molar-refractivity contribution in [2.75, 3.05) is 30.7 Å². The van der Waals surface area contributed by atoms with E-state index in [0.717, 1.165) is 24.3 Å². The van der Waals surface area contributed by atoms with Crippen molar-refractivity contribution in [3.8, 4) is 0 Å². The van der Waals surface area contributed by atoms with Gasteiger partial charge in [-0.15, -0.1) is 0 Å². The zero-order chi connectivity index (χ0) is 14.8. The maximum Gasteiger partial charge on any atom is 0.238 e. The van der Waals surface area contributed by atoms with Gasteiger partial charge in [-0.3, -0.25) is 9.69 Å². The summed E-state index contributed by atoms with van der Waals surface area (Å²) in [7, 11) is 0. The summed E-state index contributed by atoms with van der Waals surface area (Å²) in [6.07, 6.45) is 2.39. The van der Waals surface area contributed by atoms with Crippen LogP contribution in [-0.4, -0.2) is 30.4 Å². The zero-order valence-electron chi connectivity index (χ0n) is 12.7. The van der Waals surface area contributed by atoms with Crippen LogP contribution in [0.15, 0.2) is 18.2 Å². The highest BCUT2D eigenvalue weighted by molar-refractivity contribution is 5.93. The molecule has 0 aliphatic carbocycles. The van der Waals surface area contributed by atoms with Gasteiger partial charge >= 0.3 is 0 Å². The average molecular weight is 275 g/mol. The third-order valence-corrected chi connectivity index (χ3v) is 3.69. The van der Waals surface area contributed by atoms with Crippen molar-refractivity contribution >= 4 is 17.3 Å².